The number of para-hydroxylation sites is 1. The summed E-state index contributed by atoms with van der Waals surface area (Å²) < 4.78 is 19.5. The number of nitrogens with one attached hydrogen (secondary N) is 4. The fraction of sp³-hybridized carbons (Fsp3) is 0.273. The lowest BCUT2D eigenvalue weighted by Gasteiger charge is -2.16. The Morgan fingerprint density at radius 2 is 1.94 bits per heavy atom. The Balaban J connectivity index is 1.76. The van der Waals surface area contributed by atoms with Crippen molar-refractivity contribution in [1.82, 2.24) is 25.4 Å². The first-order valence-corrected chi connectivity index (χ1v) is 10.2. The Kier molecular flexibility index (Phi) is 7.92. The molecule has 0 saturated heterocycles. The molecule has 0 unspecified atom stereocenters. The quantitative estimate of drug-likeness (QED) is 0.370. The number of halogens is 1. The van der Waals surface area contributed by atoms with Crippen LogP contribution in [-0.2, 0) is 16.0 Å². The second-order valence-corrected chi connectivity index (χ2v) is 7.17. The van der Waals surface area contributed by atoms with Crippen molar-refractivity contribution in [3.05, 3.63) is 59.8 Å². The molecule has 0 aliphatic rings. The van der Waals surface area contributed by atoms with Crippen molar-refractivity contribution in [2.45, 2.75) is 6.42 Å². The summed E-state index contributed by atoms with van der Waals surface area (Å²) in [6.07, 6.45) is 2.68. The number of methoxy groups -OCH3 is 1. The standard InChI is InChI=1S/C22H26FN7O3/c1-24-22(32)14-6-4-5-7-16(14)27-17-10-20(25-12-15(17)23)28-19-13-26-29-18(19)11-21(31)30(2)8-9-33-3/h4-7,10,12-13H,8-9,11H2,1-3H3,(H,24,32)(H,26,29)(H2,25,27,28). The molecule has 33 heavy (non-hydrogen) atoms. The number of anilines is 4. The molecule has 2 heterocycles. The van der Waals surface area contributed by atoms with E-state index >= 15 is 0 Å². The summed E-state index contributed by atoms with van der Waals surface area (Å²) in [6.45, 7) is 0.910. The van der Waals surface area contributed by atoms with Gasteiger partial charge in [-0.2, -0.15) is 5.10 Å². The average Bonchev–Trinajstić information content (AvgIpc) is 3.25. The van der Waals surface area contributed by atoms with E-state index < -0.39 is 5.82 Å². The molecule has 0 aliphatic heterocycles. The van der Waals surface area contributed by atoms with E-state index in [0.717, 1.165) is 6.20 Å². The maximum absolute atomic E-state index is 14.5. The van der Waals surface area contributed by atoms with Gasteiger partial charge in [-0.3, -0.25) is 14.7 Å². The van der Waals surface area contributed by atoms with E-state index in [2.05, 4.69) is 31.1 Å². The van der Waals surface area contributed by atoms with Crippen molar-refractivity contribution in [3.8, 4) is 0 Å². The van der Waals surface area contributed by atoms with Crippen LogP contribution in [0.25, 0.3) is 0 Å². The summed E-state index contributed by atoms with van der Waals surface area (Å²) in [5.74, 6) is -0.664. The number of carbonyl (C=O) groups excluding carboxylic acids is 2. The SMILES string of the molecule is CNC(=O)c1ccccc1Nc1cc(Nc2cn[nH]c2CC(=O)N(C)CCOC)ncc1F. The first kappa shape index (κ1) is 23.7. The molecule has 0 radical (unpaired) electrons. The number of aromatic amines is 1. The number of hydrogen-bond acceptors (Lipinski definition) is 7. The molecule has 1 aromatic carbocycles. The van der Waals surface area contributed by atoms with Gasteiger partial charge in [-0.05, 0) is 12.1 Å². The molecule has 0 fully saturated rings. The van der Waals surface area contributed by atoms with Crippen LogP contribution in [0.15, 0.2) is 42.7 Å². The summed E-state index contributed by atoms with van der Waals surface area (Å²) in [7, 11) is 4.79. The van der Waals surface area contributed by atoms with Gasteiger partial charge in [0.1, 0.15) is 5.82 Å². The minimum absolute atomic E-state index is 0.0916. The zero-order chi connectivity index (χ0) is 23.8. The van der Waals surface area contributed by atoms with Gasteiger partial charge in [0.05, 0.1) is 53.7 Å². The van der Waals surface area contributed by atoms with E-state index in [0.29, 0.717) is 41.6 Å². The Labute approximate surface area is 190 Å². The Bertz CT molecular complexity index is 1120. The molecule has 2 aromatic heterocycles. The molecule has 0 bridgehead atoms. The molecule has 11 heteroatoms. The van der Waals surface area contributed by atoms with Crippen LogP contribution in [0, 0.1) is 5.82 Å². The molecule has 174 valence electrons. The van der Waals surface area contributed by atoms with Crippen LogP contribution in [0.5, 0.6) is 0 Å². The molecule has 0 spiro atoms. The van der Waals surface area contributed by atoms with Crippen molar-refractivity contribution in [1.29, 1.82) is 0 Å². The number of amides is 2. The molecule has 3 aromatic rings. The van der Waals surface area contributed by atoms with Gasteiger partial charge in [0.2, 0.25) is 5.91 Å². The van der Waals surface area contributed by atoms with Gasteiger partial charge in [0.25, 0.3) is 5.91 Å². The lowest BCUT2D eigenvalue weighted by atomic mass is 10.1. The van der Waals surface area contributed by atoms with E-state index in [9.17, 15) is 14.0 Å². The van der Waals surface area contributed by atoms with Crippen molar-refractivity contribution in [2.75, 3.05) is 45.0 Å². The van der Waals surface area contributed by atoms with E-state index in [1.165, 1.54) is 19.3 Å². The van der Waals surface area contributed by atoms with Gasteiger partial charge < -0.3 is 25.6 Å². The number of nitrogens with zero attached hydrogens (tertiary/aromatic N) is 3. The van der Waals surface area contributed by atoms with Gasteiger partial charge in [-0.25, -0.2) is 9.37 Å². The Morgan fingerprint density at radius 3 is 2.70 bits per heavy atom. The summed E-state index contributed by atoms with van der Waals surface area (Å²) in [4.78, 5) is 30.2. The van der Waals surface area contributed by atoms with Gasteiger partial charge in [0.15, 0.2) is 5.82 Å². The smallest absolute Gasteiger partial charge is 0.253 e. The molecule has 10 nitrogen and oxygen atoms in total. The van der Waals surface area contributed by atoms with E-state index in [1.807, 2.05) is 0 Å². The van der Waals surface area contributed by atoms with Crippen LogP contribution in [0.3, 0.4) is 0 Å². The third kappa shape index (κ3) is 6.04. The summed E-state index contributed by atoms with van der Waals surface area (Å²) in [6, 6.07) is 8.25. The fourth-order valence-corrected chi connectivity index (χ4v) is 3.01. The number of rotatable bonds is 10. The van der Waals surface area contributed by atoms with E-state index in [1.54, 1.807) is 43.3 Å². The molecule has 0 atom stereocenters. The highest BCUT2D eigenvalue weighted by atomic mass is 19.1. The number of H-pyrrole nitrogens is 1. The van der Waals surface area contributed by atoms with Gasteiger partial charge in [-0.15, -0.1) is 0 Å². The summed E-state index contributed by atoms with van der Waals surface area (Å²) in [5.41, 5.74) is 2.05. The number of hydrogen-bond donors (Lipinski definition) is 4. The first-order chi connectivity index (χ1) is 15.9. The lowest BCUT2D eigenvalue weighted by molar-refractivity contribution is -0.129. The topological polar surface area (TPSA) is 124 Å². The van der Waals surface area contributed by atoms with Crippen LogP contribution < -0.4 is 16.0 Å². The van der Waals surface area contributed by atoms with Crippen molar-refractivity contribution in [3.63, 3.8) is 0 Å². The number of carbonyl (C=O) groups is 2. The maximum atomic E-state index is 14.5. The highest BCUT2D eigenvalue weighted by molar-refractivity contribution is 6.00. The third-order valence-corrected chi connectivity index (χ3v) is 4.89. The summed E-state index contributed by atoms with van der Waals surface area (Å²) >= 11 is 0. The molecule has 2 amide bonds. The Morgan fingerprint density at radius 1 is 1.15 bits per heavy atom. The number of ether oxygens (including phenoxy) is 1. The minimum atomic E-state index is -0.588. The normalized spacial score (nSPS) is 10.5. The largest absolute Gasteiger partial charge is 0.383 e. The molecule has 0 aliphatic carbocycles. The summed E-state index contributed by atoms with van der Waals surface area (Å²) in [5, 5.41) is 15.4. The highest BCUT2D eigenvalue weighted by Gasteiger charge is 2.16. The maximum Gasteiger partial charge on any atom is 0.253 e. The third-order valence-electron chi connectivity index (χ3n) is 4.89. The molecule has 3 rings (SSSR count). The van der Waals surface area contributed by atoms with Gasteiger partial charge >= 0.3 is 0 Å². The number of likely N-dealkylation sites (N-methyl/N-ethyl adjacent to an activating group) is 1. The number of pyridine rings is 1. The van der Waals surface area contributed by atoms with Crippen LogP contribution >= 0.6 is 0 Å². The second kappa shape index (κ2) is 11.0. The van der Waals surface area contributed by atoms with Crippen LogP contribution in [-0.4, -0.2) is 66.3 Å². The average molecular weight is 455 g/mol. The van der Waals surface area contributed by atoms with Crippen molar-refractivity contribution in [2.24, 2.45) is 0 Å². The van der Waals surface area contributed by atoms with E-state index in [4.69, 9.17) is 4.74 Å². The zero-order valence-corrected chi connectivity index (χ0v) is 18.6. The number of benzene rings is 1. The van der Waals surface area contributed by atoms with Crippen LogP contribution in [0.2, 0.25) is 0 Å². The lowest BCUT2D eigenvalue weighted by Crippen LogP contribution is -2.31. The predicted molar refractivity (Wildman–Crippen MR) is 122 cm³/mol. The van der Waals surface area contributed by atoms with Gasteiger partial charge in [0, 0.05) is 33.8 Å². The molecular formula is C22H26FN7O3. The van der Waals surface area contributed by atoms with E-state index in [-0.39, 0.29) is 23.9 Å². The minimum Gasteiger partial charge on any atom is -0.383 e. The fourth-order valence-electron chi connectivity index (χ4n) is 3.01. The molecule has 4 N–H and O–H groups in total. The monoisotopic (exact) mass is 455 g/mol. The molecule has 0 saturated carbocycles. The van der Waals surface area contributed by atoms with Crippen LogP contribution in [0.1, 0.15) is 16.1 Å². The highest BCUT2D eigenvalue weighted by Crippen LogP contribution is 2.26. The molecular weight excluding hydrogens is 429 g/mol. The van der Waals surface area contributed by atoms with Crippen molar-refractivity contribution >= 4 is 34.7 Å². The van der Waals surface area contributed by atoms with Gasteiger partial charge in [-0.1, -0.05) is 12.1 Å². The second-order valence-electron chi connectivity index (χ2n) is 7.17. The first-order valence-electron chi connectivity index (χ1n) is 10.2. The number of aromatic nitrogens is 3. The zero-order valence-electron chi connectivity index (χ0n) is 18.6. The predicted octanol–water partition coefficient (Wildman–Crippen LogP) is 2.44. The van der Waals surface area contributed by atoms with Crippen molar-refractivity contribution < 1.29 is 18.7 Å². The van der Waals surface area contributed by atoms with Crippen LogP contribution in [0.4, 0.5) is 27.3 Å². The Hall–Kier alpha value is -3.99.